The molecule has 1 aliphatic heterocycles. The van der Waals surface area contributed by atoms with E-state index in [4.69, 9.17) is 5.11 Å². The van der Waals surface area contributed by atoms with Gasteiger partial charge in [0.2, 0.25) is 11.7 Å². The van der Waals surface area contributed by atoms with Crippen molar-refractivity contribution >= 4 is 17.4 Å². The minimum atomic E-state index is -1.23. The number of Topliss-reactive ketones (excluding diaryl/α,β-unsaturated/α-hetero) is 1. The molecule has 1 amide bonds. The number of nitrogens with zero attached hydrogens (tertiary/aromatic N) is 1. The van der Waals surface area contributed by atoms with Gasteiger partial charge in [-0.25, -0.2) is 0 Å². The van der Waals surface area contributed by atoms with Crippen LogP contribution in [0.2, 0.25) is 0 Å². The highest BCUT2D eigenvalue weighted by atomic mass is 16.3. The van der Waals surface area contributed by atoms with E-state index in [1.54, 1.807) is 4.90 Å². The molecule has 0 fully saturated rings. The van der Waals surface area contributed by atoms with E-state index in [0.29, 0.717) is 17.9 Å². The number of carbonyl (C=O) groups is 2. The Morgan fingerprint density at radius 1 is 1.35 bits per heavy atom. The number of ketones is 1. The van der Waals surface area contributed by atoms with Gasteiger partial charge in [-0.3, -0.25) is 9.59 Å². The van der Waals surface area contributed by atoms with Gasteiger partial charge < -0.3 is 25.7 Å². The molecule has 140 valence electrons. The Hall–Kier alpha value is -2.38. The number of amides is 1. The van der Waals surface area contributed by atoms with Crippen LogP contribution < -0.4 is 10.6 Å². The first-order valence-corrected chi connectivity index (χ1v) is 8.96. The highest BCUT2D eigenvalue weighted by Crippen LogP contribution is 2.35. The maximum atomic E-state index is 12.9. The first kappa shape index (κ1) is 18.4. The van der Waals surface area contributed by atoms with Crippen molar-refractivity contribution in [2.24, 2.45) is 5.92 Å². The summed E-state index contributed by atoms with van der Waals surface area (Å²) < 4.78 is 0. The fourth-order valence-corrected chi connectivity index (χ4v) is 3.53. The van der Waals surface area contributed by atoms with Crippen LogP contribution in [0.3, 0.4) is 0 Å². The molecule has 1 aliphatic carbocycles. The van der Waals surface area contributed by atoms with Gasteiger partial charge in [0.1, 0.15) is 11.7 Å². The molecular weight excluding hydrogens is 334 g/mol. The average Bonchev–Trinajstić information content (AvgIpc) is 2.79. The van der Waals surface area contributed by atoms with Crippen LogP contribution in [-0.4, -0.2) is 52.1 Å². The molecule has 0 bridgehead atoms. The number of benzene rings is 1. The third-order valence-electron chi connectivity index (χ3n) is 5.13. The standard InChI is InChI=1S/C19H25N3O4/c1-3-11(2)15-19(26)21-13-7-5-4-6-12(13)10-22(15)16-14(20-8-9-23)17(24)18(16)25/h4-7,11,15,17,20,23-24H,3,8-10H2,1-2H3,(H,21,26)/t11-,15-,17?/m0/s1. The van der Waals surface area contributed by atoms with Crippen molar-refractivity contribution in [3.05, 3.63) is 41.2 Å². The van der Waals surface area contributed by atoms with Crippen LogP contribution in [0.5, 0.6) is 0 Å². The van der Waals surface area contributed by atoms with Crippen LogP contribution in [0.25, 0.3) is 0 Å². The van der Waals surface area contributed by atoms with E-state index in [-0.39, 0.29) is 25.0 Å². The van der Waals surface area contributed by atoms with Gasteiger partial charge in [0.05, 0.1) is 12.3 Å². The first-order valence-electron chi connectivity index (χ1n) is 8.96. The Morgan fingerprint density at radius 2 is 2.08 bits per heavy atom. The lowest BCUT2D eigenvalue weighted by Gasteiger charge is -2.41. The summed E-state index contributed by atoms with van der Waals surface area (Å²) in [6, 6.07) is 7.00. The molecule has 3 rings (SSSR count). The number of fused-ring (bicyclic) bond motifs is 1. The summed E-state index contributed by atoms with van der Waals surface area (Å²) in [5, 5.41) is 25.0. The zero-order chi connectivity index (χ0) is 18.8. The van der Waals surface area contributed by atoms with Gasteiger partial charge in [-0.1, -0.05) is 38.5 Å². The average molecular weight is 359 g/mol. The molecule has 1 aromatic carbocycles. The molecule has 0 radical (unpaired) electrons. The molecule has 1 unspecified atom stereocenters. The number of hydrogen-bond donors (Lipinski definition) is 4. The van der Waals surface area contributed by atoms with E-state index >= 15 is 0 Å². The van der Waals surface area contributed by atoms with Crippen molar-refractivity contribution in [3.8, 4) is 0 Å². The molecule has 1 heterocycles. The molecule has 2 aliphatic rings. The molecular formula is C19H25N3O4. The van der Waals surface area contributed by atoms with Crippen LogP contribution in [0.1, 0.15) is 25.8 Å². The van der Waals surface area contributed by atoms with Crippen LogP contribution in [0.15, 0.2) is 35.7 Å². The number of rotatable bonds is 6. The van der Waals surface area contributed by atoms with Gasteiger partial charge in [0, 0.05) is 18.8 Å². The van der Waals surface area contributed by atoms with Crippen molar-refractivity contribution in [1.29, 1.82) is 0 Å². The monoisotopic (exact) mass is 359 g/mol. The van der Waals surface area contributed by atoms with Gasteiger partial charge in [-0.05, 0) is 17.5 Å². The SMILES string of the molecule is CC[C@H](C)[C@H]1C(=O)Nc2ccccc2CN1C1=C(NCCO)C(O)C1=O. The zero-order valence-corrected chi connectivity index (χ0v) is 15.0. The van der Waals surface area contributed by atoms with Gasteiger partial charge in [0.15, 0.2) is 6.10 Å². The maximum Gasteiger partial charge on any atom is 0.247 e. The van der Waals surface area contributed by atoms with Gasteiger partial charge in [-0.15, -0.1) is 0 Å². The number of aliphatic hydroxyl groups is 2. The fraction of sp³-hybridized carbons (Fsp3) is 0.474. The summed E-state index contributed by atoms with van der Waals surface area (Å²) in [5.41, 5.74) is 2.37. The lowest BCUT2D eigenvalue weighted by atomic mass is 9.89. The second-order valence-corrected chi connectivity index (χ2v) is 6.78. The van der Waals surface area contributed by atoms with Crippen molar-refractivity contribution in [3.63, 3.8) is 0 Å². The topological polar surface area (TPSA) is 102 Å². The van der Waals surface area contributed by atoms with E-state index in [1.807, 2.05) is 38.1 Å². The molecule has 3 atom stereocenters. The number of carbonyl (C=O) groups excluding carboxylic acids is 2. The molecule has 1 aromatic rings. The van der Waals surface area contributed by atoms with Crippen LogP contribution in [0.4, 0.5) is 5.69 Å². The van der Waals surface area contributed by atoms with Crippen molar-refractivity contribution < 1.29 is 19.8 Å². The van der Waals surface area contributed by atoms with Gasteiger partial charge in [-0.2, -0.15) is 0 Å². The Labute approximate surface area is 152 Å². The minimum Gasteiger partial charge on any atom is -0.395 e. The summed E-state index contributed by atoms with van der Waals surface area (Å²) in [6.07, 6.45) is -0.454. The van der Waals surface area contributed by atoms with Crippen molar-refractivity contribution in [2.75, 3.05) is 18.5 Å². The number of nitrogens with one attached hydrogen (secondary N) is 2. The zero-order valence-electron chi connectivity index (χ0n) is 15.0. The molecule has 7 heteroatoms. The van der Waals surface area contributed by atoms with Crippen LogP contribution in [0, 0.1) is 5.92 Å². The summed E-state index contributed by atoms with van der Waals surface area (Å²) in [6.45, 7) is 4.49. The number of aliphatic hydroxyl groups excluding tert-OH is 2. The molecule has 0 aromatic heterocycles. The van der Waals surface area contributed by atoms with E-state index in [9.17, 15) is 14.7 Å². The van der Waals surface area contributed by atoms with E-state index in [2.05, 4.69) is 10.6 Å². The minimum absolute atomic E-state index is 0.0152. The number of anilines is 1. The second-order valence-electron chi connectivity index (χ2n) is 6.78. The van der Waals surface area contributed by atoms with Crippen molar-refractivity contribution in [2.45, 2.75) is 39.0 Å². The summed E-state index contributed by atoms with van der Waals surface area (Å²) >= 11 is 0. The Morgan fingerprint density at radius 3 is 2.77 bits per heavy atom. The van der Waals surface area contributed by atoms with Crippen LogP contribution >= 0.6 is 0 Å². The number of hydrogen-bond acceptors (Lipinski definition) is 6. The van der Waals surface area contributed by atoms with E-state index < -0.39 is 17.9 Å². The largest absolute Gasteiger partial charge is 0.395 e. The smallest absolute Gasteiger partial charge is 0.247 e. The third-order valence-corrected chi connectivity index (χ3v) is 5.13. The highest BCUT2D eigenvalue weighted by molar-refractivity contribution is 6.09. The predicted octanol–water partition coefficient (Wildman–Crippen LogP) is 0.593. The quantitative estimate of drug-likeness (QED) is 0.593. The molecule has 7 nitrogen and oxygen atoms in total. The summed E-state index contributed by atoms with van der Waals surface area (Å²) in [5.74, 6) is -0.542. The predicted molar refractivity (Wildman–Crippen MR) is 97.0 cm³/mol. The second kappa shape index (κ2) is 7.47. The molecule has 26 heavy (non-hydrogen) atoms. The van der Waals surface area contributed by atoms with E-state index in [1.165, 1.54) is 0 Å². The van der Waals surface area contributed by atoms with Crippen LogP contribution in [-0.2, 0) is 16.1 Å². The molecule has 4 N–H and O–H groups in total. The fourth-order valence-electron chi connectivity index (χ4n) is 3.53. The Bertz CT molecular complexity index is 746. The molecule has 0 saturated heterocycles. The van der Waals surface area contributed by atoms with Gasteiger partial charge >= 0.3 is 0 Å². The molecule has 0 spiro atoms. The highest BCUT2D eigenvalue weighted by Gasteiger charge is 2.46. The van der Waals surface area contributed by atoms with Crippen molar-refractivity contribution in [1.82, 2.24) is 10.2 Å². The number of para-hydroxylation sites is 1. The molecule has 0 saturated carbocycles. The summed E-state index contributed by atoms with van der Waals surface area (Å²) in [4.78, 5) is 27.2. The Balaban J connectivity index is 2.06. The lowest BCUT2D eigenvalue weighted by molar-refractivity contribution is -0.130. The van der Waals surface area contributed by atoms with E-state index in [0.717, 1.165) is 17.7 Å². The maximum absolute atomic E-state index is 12.9. The first-order chi connectivity index (χ1) is 12.5. The van der Waals surface area contributed by atoms with Gasteiger partial charge in [0.25, 0.3) is 0 Å². The third kappa shape index (κ3) is 3.08. The summed E-state index contributed by atoms with van der Waals surface area (Å²) in [7, 11) is 0. The normalized spacial score (nSPS) is 23.8. The lowest BCUT2D eigenvalue weighted by Crippen LogP contribution is -2.55. The Kier molecular flexibility index (Phi) is 5.29.